The highest BCUT2D eigenvalue weighted by Crippen LogP contribution is 2.26. The molecular formula is C14H17ClFN3S. The molecule has 3 nitrogen and oxygen atoms in total. The number of halogens is 2. The molecule has 2 aromatic heterocycles. The van der Waals surface area contributed by atoms with Gasteiger partial charge < -0.3 is 0 Å². The number of rotatable bonds is 3. The third kappa shape index (κ3) is 4.72. The Hall–Kier alpha value is -1.20. The largest absolute Gasteiger partial charge is 0.260 e. The number of hydrogen-bond donors (Lipinski definition) is 0. The third-order valence-electron chi connectivity index (χ3n) is 2.26. The molecule has 0 bridgehead atoms. The zero-order valence-electron chi connectivity index (χ0n) is 11.9. The van der Waals surface area contributed by atoms with Crippen LogP contribution in [0.3, 0.4) is 0 Å². The zero-order chi connectivity index (χ0) is 15.1. The fraction of sp³-hybridized carbons (Fsp3) is 0.357. The van der Waals surface area contributed by atoms with Crippen molar-refractivity contribution < 1.29 is 4.39 Å². The van der Waals surface area contributed by atoms with Gasteiger partial charge in [-0.25, -0.2) is 14.4 Å². The van der Waals surface area contributed by atoms with Crippen molar-refractivity contribution in [3.05, 3.63) is 46.3 Å². The van der Waals surface area contributed by atoms with Crippen LogP contribution in [0.25, 0.3) is 0 Å². The van der Waals surface area contributed by atoms with Gasteiger partial charge in [-0.05, 0) is 19.9 Å². The van der Waals surface area contributed by atoms with Crippen LogP contribution in [0.2, 0.25) is 5.02 Å². The normalized spacial score (nSPS) is 9.90. The van der Waals surface area contributed by atoms with Crippen molar-refractivity contribution in [2.45, 2.75) is 38.6 Å². The van der Waals surface area contributed by atoms with Crippen LogP contribution in [0.15, 0.2) is 23.6 Å². The maximum atomic E-state index is 13.5. The molecule has 0 atom stereocenters. The Morgan fingerprint density at radius 3 is 2.30 bits per heavy atom. The molecule has 0 unspecified atom stereocenters. The van der Waals surface area contributed by atoms with Gasteiger partial charge in [0.05, 0.1) is 11.2 Å². The Morgan fingerprint density at radius 1 is 1.15 bits per heavy atom. The van der Waals surface area contributed by atoms with Crippen molar-refractivity contribution in [3.63, 3.8) is 0 Å². The predicted molar refractivity (Wildman–Crippen MR) is 81.6 cm³/mol. The monoisotopic (exact) mass is 313 g/mol. The van der Waals surface area contributed by atoms with E-state index in [1.54, 1.807) is 0 Å². The van der Waals surface area contributed by atoms with E-state index in [-0.39, 0.29) is 0 Å². The second-order valence-electron chi connectivity index (χ2n) is 3.80. The molecular weight excluding hydrogens is 297 g/mol. The first-order chi connectivity index (χ1) is 9.56. The number of pyridine rings is 1. The lowest BCUT2D eigenvalue weighted by Crippen LogP contribution is -1.95. The lowest BCUT2D eigenvalue weighted by Gasteiger charge is -2.05. The summed E-state index contributed by atoms with van der Waals surface area (Å²) in [7, 11) is 0. The number of aryl methyl sites for hydroxylation is 2. The van der Waals surface area contributed by atoms with Crippen LogP contribution in [-0.2, 0) is 5.75 Å². The molecule has 0 aliphatic carbocycles. The molecule has 0 aliphatic heterocycles. The van der Waals surface area contributed by atoms with Crippen molar-refractivity contribution in [3.8, 4) is 0 Å². The lowest BCUT2D eigenvalue weighted by molar-refractivity contribution is 0.611. The molecule has 0 saturated heterocycles. The van der Waals surface area contributed by atoms with Crippen LogP contribution in [-0.4, -0.2) is 15.0 Å². The molecule has 2 aromatic rings. The van der Waals surface area contributed by atoms with E-state index in [4.69, 9.17) is 11.6 Å². The minimum absolute atomic E-state index is 0.326. The van der Waals surface area contributed by atoms with Crippen LogP contribution in [0.5, 0.6) is 0 Å². The molecule has 108 valence electrons. The van der Waals surface area contributed by atoms with E-state index >= 15 is 0 Å². The molecule has 0 spiro atoms. The van der Waals surface area contributed by atoms with E-state index in [9.17, 15) is 4.39 Å². The van der Waals surface area contributed by atoms with Crippen molar-refractivity contribution in [1.29, 1.82) is 0 Å². The number of aromatic nitrogens is 3. The predicted octanol–water partition coefficient (Wildman–Crippen LogP) is 4.60. The first-order valence-corrected chi connectivity index (χ1v) is 7.65. The average molecular weight is 314 g/mol. The molecule has 2 heterocycles. The minimum atomic E-state index is -0.403. The first-order valence-electron chi connectivity index (χ1n) is 6.29. The SMILES string of the molecule is CC.Cc1cc(C)nc(SCc2c(F)cncc2Cl)n1. The Labute approximate surface area is 128 Å². The third-order valence-corrected chi connectivity index (χ3v) is 3.46. The Morgan fingerprint density at radius 2 is 1.75 bits per heavy atom. The van der Waals surface area contributed by atoms with Crippen LogP contribution < -0.4 is 0 Å². The Bertz CT molecular complexity index is 538. The number of hydrogen-bond acceptors (Lipinski definition) is 4. The summed E-state index contributed by atoms with van der Waals surface area (Å²) in [6, 6.07) is 1.89. The highest BCUT2D eigenvalue weighted by molar-refractivity contribution is 7.98. The maximum Gasteiger partial charge on any atom is 0.188 e. The topological polar surface area (TPSA) is 38.7 Å². The maximum absolute atomic E-state index is 13.5. The zero-order valence-corrected chi connectivity index (χ0v) is 13.5. The van der Waals surface area contributed by atoms with E-state index in [0.717, 1.165) is 17.6 Å². The average Bonchev–Trinajstić information content (AvgIpc) is 2.39. The van der Waals surface area contributed by atoms with Crippen LogP contribution in [0.4, 0.5) is 4.39 Å². The number of thioether (sulfide) groups is 1. The molecule has 0 radical (unpaired) electrons. The van der Waals surface area contributed by atoms with Crippen molar-refractivity contribution >= 4 is 23.4 Å². The Kier molecular flexibility index (Phi) is 6.88. The lowest BCUT2D eigenvalue weighted by atomic mass is 10.3. The van der Waals surface area contributed by atoms with Crippen LogP contribution in [0.1, 0.15) is 30.8 Å². The van der Waals surface area contributed by atoms with Gasteiger partial charge in [0.2, 0.25) is 0 Å². The first kappa shape index (κ1) is 16.9. The van der Waals surface area contributed by atoms with Crippen molar-refractivity contribution in [1.82, 2.24) is 15.0 Å². The molecule has 20 heavy (non-hydrogen) atoms. The van der Waals surface area contributed by atoms with E-state index in [1.807, 2.05) is 33.8 Å². The molecule has 6 heteroatoms. The Balaban J connectivity index is 0.000000956. The molecule has 0 fully saturated rings. The smallest absolute Gasteiger partial charge is 0.188 e. The molecule has 0 N–H and O–H groups in total. The summed E-state index contributed by atoms with van der Waals surface area (Å²) in [6.07, 6.45) is 2.59. The highest BCUT2D eigenvalue weighted by atomic mass is 35.5. The van der Waals surface area contributed by atoms with Gasteiger partial charge in [-0.15, -0.1) is 0 Å². The minimum Gasteiger partial charge on any atom is -0.260 e. The summed E-state index contributed by atoms with van der Waals surface area (Å²) in [6.45, 7) is 7.80. The van der Waals surface area contributed by atoms with Crippen molar-refractivity contribution in [2.24, 2.45) is 0 Å². The summed E-state index contributed by atoms with van der Waals surface area (Å²) in [4.78, 5) is 12.2. The molecule has 2 rings (SSSR count). The second kappa shape index (κ2) is 8.17. The molecule has 0 saturated carbocycles. The molecule has 0 aromatic carbocycles. The van der Waals surface area contributed by atoms with E-state index in [2.05, 4.69) is 15.0 Å². The fourth-order valence-corrected chi connectivity index (χ4v) is 2.75. The summed E-state index contributed by atoms with van der Waals surface area (Å²) < 4.78 is 13.5. The molecule has 0 aliphatic rings. The van der Waals surface area contributed by atoms with E-state index in [0.29, 0.717) is 21.5 Å². The fourth-order valence-electron chi connectivity index (χ4n) is 1.47. The van der Waals surface area contributed by atoms with Crippen molar-refractivity contribution in [2.75, 3.05) is 0 Å². The summed E-state index contributed by atoms with van der Waals surface area (Å²) in [5.74, 6) is -0.0184. The summed E-state index contributed by atoms with van der Waals surface area (Å²) >= 11 is 7.26. The quantitative estimate of drug-likeness (QED) is 0.613. The number of nitrogens with zero attached hydrogens (tertiary/aromatic N) is 3. The van der Waals surface area contributed by atoms with E-state index < -0.39 is 5.82 Å². The van der Waals surface area contributed by atoms with Crippen LogP contribution >= 0.6 is 23.4 Å². The summed E-state index contributed by atoms with van der Waals surface area (Å²) in [5, 5.41) is 0.951. The summed E-state index contributed by atoms with van der Waals surface area (Å²) in [5.41, 5.74) is 2.22. The van der Waals surface area contributed by atoms with Gasteiger partial charge in [-0.1, -0.05) is 37.2 Å². The highest BCUT2D eigenvalue weighted by Gasteiger charge is 2.09. The van der Waals surface area contributed by atoms with E-state index in [1.165, 1.54) is 18.0 Å². The van der Waals surface area contributed by atoms with Gasteiger partial charge in [0.1, 0.15) is 5.82 Å². The molecule has 0 amide bonds. The van der Waals surface area contributed by atoms with Gasteiger partial charge >= 0.3 is 0 Å². The second-order valence-corrected chi connectivity index (χ2v) is 5.15. The van der Waals surface area contributed by atoms with Gasteiger partial charge in [-0.3, -0.25) is 4.98 Å². The standard InChI is InChI=1S/C12H11ClFN3S.C2H6/c1-7-3-8(2)17-12(16-7)18-6-9-10(13)4-15-5-11(9)14;1-2/h3-5H,6H2,1-2H3;1-2H3. The van der Waals surface area contributed by atoms with Gasteiger partial charge in [-0.2, -0.15) is 0 Å². The van der Waals surface area contributed by atoms with Crippen LogP contribution in [0, 0.1) is 19.7 Å². The van der Waals surface area contributed by atoms with Gasteiger partial charge in [0.25, 0.3) is 0 Å². The van der Waals surface area contributed by atoms with Gasteiger partial charge in [0.15, 0.2) is 5.16 Å². The van der Waals surface area contributed by atoms with Gasteiger partial charge in [0, 0.05) is 28.9 Å².